The molecule has 144 valence electrons. The van der Waals surface area contributed by atoms with Gasteiger partial charge in [-0.2, -0.15) is 5.10 Å². The molecule has 0 saturated heterocycles. The van der Waals surface area contributed by atoms with Crippen LogP contribution in [0, 0.1) is 5.82 Å². The van der Waals surface area contributed by atoms with Gasteiger partial charge in [0.2, 0.25) is 5.91 Å². The summed E-state index contributed by atoms with van der Waals surface area (Å²) in [5, 5.41) is 3.82. The van der Waals surface area contributed by atoms with E-state index in [2.05, 4.69) is 5.10 Å². The van der Waals surface area contributed by atoms with E-state index in [1.165, 1.54) is 18.3 Å². The van der Waals surface area contributed by atoms with Crippen molar-refractivity contribution >= 4 is 29.1 Å². The number of hydrogen-bond donors (Lipinski definition) is 0. The van der Waals surface area contributed by atoms with Crippen molar-refractivity contribution in [3.05, 3.63) is 62.2 Å². The number of benzene rings is 1. The van der Waals surface area contributed by atoms with Crippen LogP contribution >= 0.6 is 23.2 Å². The van der Waals surface area contributed by atoms with Gasteiger partial charge in [0.15, 0.2) is 0 Å². The van der Waals surface area contributed by atoms with Crippen LogP contribution in [-0.4, -0.2) is 26.6 Å². The maximum atomic E-state index is 13.2. The van der Waals surface area contributed by atoms with Gasteiger partial charge in [-0.1, -0.05) is 54.6 Å². The van der Waals surface area contributed by atoms with Gasteiger partial charge in [-0.15, -0.1) is 0 Å². The predicted octanol–water partition coefficient (Wildman–Crippen LogP) is 4.05. The summed E-state index contributed by atoms with van der Waals surface area (Å²) >= 11 is 11.7. The van der Waals surface area contributed by atoms with E-state index in [1.54, 1.807) is 17.0 Å². The first-order valence-electron chi connectivity index (χ1n) is 8.90. The van der Waals surface area contributed by atoms with Crippen LogP contribution in [-0.2, 0) is 17.9 Å². The van der Waals surface area contributed by atoms with Crippen molar-refractivity contribution in [2.45, 2.75) is 51.2 Å². The SMILES string of the molecule is O=C(Cn1ncc(Cl)c(Cl)c1=O)N(Cc1ccc(F)cc1)C1CCCCC1. The summed E-state index contributed by atoms with van der Waals surface area (Å²) in [6.07, 6.45) is 6.35. The van der Waals surface area contributed by atoms with Crippen LogP contribution in [0.3, 0.4) is 0 Å². The highest BCUT2D eigenvalue weighted by molar-refractivity contribution is 6.41. The van der Waals surface area contributed by atoms with Gasteiger partial charge in [-0.25, -0.2) is 9.07 Å². The van der Waals surface area contributed by atoms with Crippen molar-refractivity contribution in [1.82, 2.24) is 14.7 Å². The molecule has 8 heteroatoms. The van der Waals surface area contributed by atoms with Crippen LogP contribution in [0.15, 0.2) is 35.3 Å². The molecular formula is C19H20Cl2FN3O2. The molecule has 1 fully saturated rings. The van der Waals surface area contributed by atoms with E-state index < -0.39 is 5.56 Å². The van der Waals surface area contributed by atoms with E-state index in [-0.39, 0.29) is 34.4 Å². The van der Waals surface area contributed by atoms with Crippen molar-refractivity contribution in [2.24, 2.45) is 0 Å². The van der Waals surface area contributed by atoms with Gasteiger partial charge in [0.25, 0.3) is 5.56 Å². The first kappa shape index (κ1) is 19.8. The minimum Gasteiger partial charge on any atom is -0.334 e. The van der Waals surface area contributed by atoms with Crippen LogP contribution in [0.4, 0.5) is 4.39 Å². The number of hydrogen-bond acceptors (Lipinski definition) is 3. The second kappa shape index (κ2) is 8.85. The summed E-state index contributed by atoms with van der Waals surface area (Å²) < 4.78 is 14.2. The molecular weight excluding hydrogens is 392 g/mol. The molecule has 0 atom stereocenters. The third-order valence-corrected chi connectivity index (χ3v) is 5.58. The fourth-order valence-corrected chi connectivity index (χ4v) is 3.65. The van der Waals surface area contributed by atoms with Crippen molar-refractivity contribution in [3.63, 3.8) is 0 Å². The lowest BCUT2D eigenvalue weighted by Crippen LogP contribution is -2.44. The van der Waals surface area contributed by atoms with Gasteiger partial charge in [0, 0.05) is 12.6 Å². The monoisotopic (exact) mass is 411 g/mol. The Balaban J connectivity index is 1.82. The molecule has 3 rings (SSSR count). The number of carbonyl (C=O) groups excluding carboxylic acids is 1. The van der Waals surface area contributed by atoms with Gasteiger partial charge in [-0.05, 0) is 30.5 Å². The third kappa shape index (κ3) is 4.87. The molecule has 0 spiro atoms. The molecule has 0 N–H and O–H groups in total. The quantitative estimate of drug-likeness (QED) is 0.745. The van der Waals surface area contributed by atoms with Crippen LogP contribution in [0.1, 0.15) is 37.7 Å². The minimum atomic E-state index is -0.595. The fraction of sp³-hybridized carbons (Fsp3) is 0.421. The van der Waals surface area contributed by atoms with Crippen LogP contribution < -0.4 is 5.56 Å². The predicted molar refractivity (Wildman–Crippen MR) is 102 cm³/mol. The first-order chi connectivity index (χ1) is 13.0. The van der Waals surface area contributed by atoms with Crippen molar-refractivity contribution in [1.29, 1.82) is 0 Å². The van der Waals surface area contributed by atoms with Crippen LogP contribution in [0.2, 0.25) is 10.0 Å². The van der Waals surface area contributed by atoms with Crippen molar-refractivity contribution in [2.75, 3.05) is 0 Å². The highest BCUT2D eigenvalue weighted by Gasteiger charge is 2.26. The normalized spacial score (nSPS) is 14.9. The summed E-state index contributed by atoms with van der Waals surface area (Å²) in [4.78, 5) is 27.0. The minimum absolute atomic E-state index is 0.0563. The van der Waals surface area contributed by atoms with Gasteiger partial charge < -0.3 is 4.90 Å². The number of amides is 1. The van der Waals surface area contributed by atoms with E-state index in [0.717, 1.165) is 42.3 Å². The number of carbonyl (C=O) groups is 1. The zero-order chi connectivity index (χ0) is 19.4. The van der Waals surface area contributed by atoms with Crippen LogP contribution in [0.5, 0.6) is 0 Å². The first-order valence-corrected chi connectivity index (χ1v) is 9.66. The Morgan fingerprint density at radius 2 is 1.85 bits per heavy atom. The standard InChI is InChI=1S/C19H20Cl2FN3O2/c20-16-10-23-25(19(27)18(16)21)12-17(26)24(15-4-2-1-3-5-15)11-13-6-8-14(22)9-7-13/h6-10,15H,1-5,11-12H2. The molecule has 1 aliphatic carbocycles. The Labute approximate surface area is 166 Å². The number of halogens is 3. The molecule has 5 nitrogen and oxygen atoms in total. The zero-order valence-electron chi connectivity index (χ0n) is 14.7. The average Bonchev–Trinajstić information content (AvgIpc) is 2.68. The lowest BCUT2D eigenvalue weighted by atomic mass is 9.93. The molecule has 1 aromatic carbocycles. The molecule has 2 aromatic rings. The van der Waals surface area contributed by atoms with E-state index in [4.69, 9.17) is 23.2 Å². The summed E-state index contributed by atoms with van der Waals surface area (Å²) in [6, 6.07) is 6.19. The molecule has 1 saturated carbocycles. The number of rotatable bonds is 5. The van der Waals surface area contributed by atoms with E-state index >= 15 is 0 Å². The van der Waals surface area contributed by atoms with E-state index in [0.29, 0.717) is 6.54 Å². The third-order valence-electron chi connectivity index (χ3n) is 4.83. The molecule has 1 aliphatic rings. The second-order valence-corrected chi connectivity index (χ2v) is 7.49. The highest BCUT2D eigenvalue weighted by Crippen LogP contribution is 2.25. The van der Waals surface area contributed by atoms with E-state index in [1.807, 2.05) is 0 Å². The molecule has 0 bridgehead atoms. The molecule has 1 heterocycles. The fourth-order valence-electron chi connectivity index (χ4n) is 3.38. The summed E-state index contributed by atoms with van der Waals surface area (Å²) in [5.74, 6) is -0.542. The number of aromatic nitrogens is 2. The van der Waals surface area contributed by atoms with Gasteiger partial charge in [0.05, 0.1) is 11.2 Å². The smallest absolute Gasteiger partial charge is 0.287 e. The molecule has 0 aliphatic heterocycles. The van der Waals surface area contributed by atoms with Gasteiger partial charge in [0.1, 0.15) is 17.4 Å². The lowest BCUT2D eigenvalue weighted by molar-refractivity contribution is -0.135. The molecule has 1 aromatic heterocycles. The maximum absolute atomic E-state index is 13.2. The molecule has 0 unspecified atom stereocenters. The Morgan fingerprint density at radius 3 is 2.52 bits per heavy atom. The number of nitrogens with zero attached hydrogens (tertiary/aromatic N) is 3. The summed E-state index contributed by atoms with van der Waals surface area (Å²) in [5.41, 5.74) is 0.243. The highest BCUT2D eigenvalue weighted by atomic mass is 35.5. The Hall–Kier alpha value is -1.92. The average molecular weight is 412 g/mol. The lowest BCUT2D eigenvalue weighted by Gasteiger charge is -2.34. The van der Waals surface area contributed by atoms with Crippen molar-refractivity contribution < 1.29 is 9.18 Å². The molecule has 1 amide bonds. The Morgan fingerprint density at radius 1 is 1.19 bits per heavy atom. The largest absolute Gasteiger partial charge is 0.334 e. The Bertz CT molecular complexity index is 864. The second-order valence-electron chi connectivity index (χ2n) is 6.71. The Kier molecular flexibility index (Phi) is 6.50. The zero-order valence-corrected chi connectivity index (χ0v) is 16.2. The van der Waals surface area contributed by atoms with Gasteiger partial charge in [-0.3, -0.25) is 9.59 Å². The summed E-state index contributed by atoms with van der Waals surface area (Å²) in [6.45, 7) is 0.146. The van der Waals surface area contributed by atoms with Gasteiger partial charge >= 0.3 is 0 Å². The molecule has 27 heavy (non-hydrogen) atoms. The topological polar surface area (TPSA) is 55.2 Å². The van der Waals surface area contributed by atoms with E-state index in [9.17, 15) is 14.0 Å². The molecule has 0 radical (unpaired) electrons. The summed E-state index contributed by atoms with van der Waals surface area (Å²) in [7, 11) is 0. The van der Waals surface area contributed by atoms with Crippen molar-refractivity contribution in [3.8, 4) is 0 Å². The van der Waals surface area contributed by atoms with Crippen LogP contribution in [0.25, 0.3) is 0 Å². The maximum Gasteiger partial charge on any atom is 0.287 e.